The number of aromatic nitrogens is 1. The van der Waals surface area contributed by atoms with Crippen LogP contribution in [0.2, 0.25) is 5.02 Å². The van der Waals surface area contributed by atoms with Crippen LogP contribution in [0.1, 0.15) is 20.7 Å². The van der Waals surface area contributed by atoms with Crippen molar-refractivity contribution in [1.82, 2.24) is 4.98 Å². The van der Waals surface area contributed by atoms with Gasteiger partial charge in [-0.05, 0) is 36.6 Å². The molecule has 5 nitrogen and oxygen atoms in total. The third-order valence-corrected chi connectivity index (χ3v) is 4.00. The number of Topliss-reactive ketones (excluding diaryl/α,β-unsaturated/α-hetero) is 1. The molecule has 0 fully saturated rings. The molecule has 0 aliphatic carbocycles. The summed E-state index contributed by atoms with van der Waals surface area (Å²) in [5.41, 5.74) is 0.681. The van der Waals surface area contributed by atoms with Gasteiger partial charge in [0.2, 0.25) is 0 Å². The Labute approximate surface area is 143 Å². The molecule has 7 heteroatoms. The van der Waals surface area contributed by atoms with Gasteiger partial charge in [0.1, 0.15) is 10.8 Å². The zero-order valence-electron chi connectivity index (χ0n) is 12.5. The average molecular weight is 352 g/mol. The molecule has 1 aromatic heterocycles. The molecular weight excluding hydrogens is 338 g/mol. The maximum atomic E-state index is 12.1. The Balaban J connectivity index is 2.04. The van der Waals surface area contributed by atoms with E-state index in [0.717, 1.165) is 0 Å². The molecule has 1 aromatic carbocycles. The summed E-state index contributed by atoms with van der Waals surface area (Å²) in [5.74, 6) is -0.465. The van der Waals surface area contributed by atoms with E-state index in [1.165, 1.54) is 24.9 Å². The Bertz CT molecular complexity index is 736. The number of carbonyl (C=O) groups excluding carboxylic acids is 2. The third-order valence-electron chi connectivity index (χ3n) is 2.99. The lowest BCUT2D eigenvalue weighted by Crippen LogP contribution is -2.15. The molecule has 1 heterocycles. The second-order valence-corrected chi connectivity index (χ2v) is 5.61. The first-order valence-corrected chi connectivity index (χ1v) is 8.20. The van der Waals surface area contributed by atoms with Gasteiger partial charge in [0.15, 0.2) is 12.4 Å². The van der Waals surface area contributed by atoms with Crippen LogP contribution in [0.4, 0.5) is 0 Å². The van der Waals surface area contributed by atoms with Gasteiger partial charge in [-0.1, -0.05) is 11.6 Å². The number of pyridine rings is 1. The minimum atomic E-state index is -0.588. The van der Waals surface area contributed by atoms with Crippen LogP contribution in [0, 0.1) is 0 Å². The van der Waals surface area contributed by atoms with Gasteiger partial charge in [0.25, 0.3) is 0 Å². The normalized spacial score (nSPS) is 10.2. The SMILES string of the molecule is COc1ccc(C(=O)COC(=O)c2cccnc2SC)cc1Cl. The molecule has 0 spiro atoms. The van der Waals surface area contributed by atoms with Crippen LogP contribution >= 0.6 is 23.4 Å². The minimum absolute atomic E-state index is 0.321. The van der Waals surface area contributed by atoms with E-state index < -0.39 is 5.97 Å². The van der Waals surface area contributed by atoms with Crippen molar-refractivity contribution in [3.63, 3.8) is 0 Å². The first-order valence-electron chi connectivity index (χ1n) is 6.59. The van der Waals surface area contributed by atoms with Crippen LogP contribution in [0.15, 0.2) is 41.6 Å². The highest BCUT2D eigenvalue weighted by atomic mass is 35.5. The smallest absolute Gasteiger partial charge is 0.341 e. The lowest BCUT2D eigenvalue weighted by atomic mass is 10.1. The van der Waals surface area contributed by atoms with E-state index >= 15 is 0 Å². The lowest BCUT2D eigenvalue weighted by molar-refractivity contribution is 0.0470. The van der Waals surface area contributed by atoms with Crippen LogP contribution in [-0.4, -0.2) is 36.7 Å². The third kappa shape index (κ3) is 4.24. The molecule has 0 aliphatic heterocycles. The summed E-state index contributed by atoms with van der Waals surface area (Å²) in [6.07, 6.45) is 3.40. The molecule has 0 unspecified atom stereocenters. The highest BCUT2D eigenvalue weighted by molar-refractivity contribution is 7.98. The maximum Gasteiger partial charge on any atom is 0.341 e. The molecule has 0 amide bonds. The number of ketones is 1. The fraction of sp³-hybridized carbons (Fsp3) is 0.188. The number of hydrogen-bond donors (Lipinski definition) is 0. The Morgan fingerprint density at radius 2 is 2.09 bits per heavy atom. The van der Waals surface area contributed by atoms with E-state index in [1.54, 1.807) is 30.5 Å². The molecule has 0 aliphatic rings. The van der Waals surface area contributed by atoms with Crippen molar-refractivity contribution < 1.29 is 19.1 Å². The van der Waals surface area contributed by atoms with Gasteiger partial charge in [-0.25, -0.2) is 9.78 Å². The van der Waals surface area contributed by atoms with Gasteiger partial charge >= 0.3 is 5.97 Å². The minimum Gasteiger partial charge on any atom is -0.495 e. The molecule has 2 rings (SSSR count). The Kier molecular flexibility index (Phi) is 6.01. The van der Waals surface area contributed by atoms with Crippen molar-refractivity contribution >= 4 is 35.1 Å². The number of ether oxygens (including phenoxy) is 2. The first-order chi connectivity index (χ1) is 11.1. The molecule has 120 valence electrons. The van der Waals surface area contributed by atoms with Crippen LogP contribution < -0.4 is 4.74 Å². The lowest BCUT2D eigenvalue weighted by Gasteiger charge is -2.08. The Morgan fingerprint density at radius 1 is 1.30 bits per heavy atom. The van der Waals surface area contributed by atoms with Gasteiger partial charge in [0.05, 0.1) is 17.7 Å². The van der Waals surface area contributed by atoms with Crippen molar-refractivity contribution in [3.8, 4) is 5.75 Å². The molecule has 0 radical (unpaired) electrons. The summed E-state index contributed by atoms with van der Waals surface area (Å²) in [4.78, 5) is 28.2. The highest BCUT2D eigenvalue weighted by Crippen LogP contribution is 2.25. The van der Waals surface area contributed by atoms with Gasteiger partial charge < -0.3 is 9.47 Å². The molecule has 0 atom stereocenters. The highest BCUT2D eigenvalue weighted by Gasteiger charge is 2.16. The molecule has 0 N–H and O–H groups in total. The second kappa shape index (κ2) is 7.99. The first kappa shape index (κ1) is 17.3. The molecule has 0 saturated heterocycles. The number of thioether (sulfide) groups is 1. The van der Waals surface area contributed by atoms with E-state index in [0.29, 0.717) is 26.9 Å². The largest absolute Gasteiger partial charge is 0.495 e. The van der Waals surface area contributed by atoms with E-state index in [1.807, 2.05) is 6.26 Å². The van der Waals surface area contributed by atoms with Crippen LogP contribution in [0.25, 0.3) is 0 Å². The zero-order valence-corrected chi connectivity index (χ0v) is 14.1. The zero-order chi connectivity index (χ0) is 16.8. The monoisotopic (exact) mass is 351 g/mol. The van der Waals surface area contributed by atoms with Gasteiger partial charge in [0, 0.05) is 11.8 Å². The molecule has 23 heavy (non-hydrogen) atoms. The number of esters is 1. The van der Waals surface area contributed by atoms with Gasteiger partial charge in [-0.3, -0.25) is 4.79 Å². The molecule has 0 bridgehead atoms. The number of benzene rings is 1. The molecular formula is C16H14ClNO4S. The van der Waals surface area contributed by atoms with Gasteiger partial charge in [-0.15, -0.1) is 11.8 Å². The number of hydrogen-bond acceptors (Lipinski definition) is 6. The van der Waals surface area contributed by atoms with Crippen molar-refractivity contribution in [2.75, 3.05) is 20.0 Å². The van der Waals surface area contributed by atoms with Crippen molar-refractivity contribution in [3.05, 3.63) is 52.7 Å². The predicted octanol–water partition coefficient (Wildman–Crippen LogP) is 3.51. The standard InChI is InChI=1S/C16H14ClNO4S/c1-21-14-6-5-10(8-12(14)17)13(19)9-22-16(20)11-4-3-7-18-15(11)23-2/h3-8H,9H2,1-2H3. The topological polar surface area (TPSA) is 65.5 Å². The number of methoxy groups -OCH3 is 1. The van der Waals surface area contributed by atoms with Crippen molar-refractivity contribution in [2.45, 2.75) is 5.03 Å². The summed E-state index contributed by atoms with van der Waals surface area (Å²) in [6, 6.07) is 7.88. The van der Waals surface area contributed by atoms with Crippen molar-refractivity contribution in [1.29, 1.82) is 0 Å². The number of halogens is 1. The Morgan fingerprint density at radius 3 is 2.74 bits per heavy atom. The van der Waals surface area contributed by atoms with E-state index in [4.69, 9.17) is 21.1 Å². The summed E-state index contributed by atoms with van der Waals surface area (Å²) in [7, 11) is 1.49. The fourth-order valence-corrected chi connectivity index (χ4v) is 2.64. The fourth-order valence-electron chi connectivity index (χ4n) is 1.84. The van der Waals surface area contributed by atoms with Crippen LogP contribution in [0.3, 0.4) is 0 Å². The van der Waals surface area contributed by atoms with Crippen LogP contribution in [-0.2, 0) is 4.74 Å². The van der Waals surface area contributed by atoms with Gasteiger partial charge in [-0.2, -0.15) is 0 Å². The maximum absolute atomic E-state index is 12.1. The molecule has 0 saturated carbocycles. The average Bonchev–Trinajstić information content (AvgIpc) is 2.59. The number of carbonyl (C=O) groups is 2. The Hall–Kier alpha value is -2.05. The van der Waals surface area contributed by atoms with Crippen molar-refractivity contribution in [2.24, 2.45) is 0 Å². The summed E-state index contributed by atoms with van der Waals surface area (Å²) in [6.45, 7) is -0.371. The summed E-state index contributed by atoms with van der Waals surface area (Å²) in [5, 5.41) is 0.874. The summed E-state index contributed by atoms with van der Waals surface area (Å²) < 4.78 is 10.1. The predicted molar refractivity (Wildman–Crippen MR) is 88.6 cm³/mol. The van der Waals surface area contributed by atoms with Crippen LogP contribution in [0.5, 0.6) is 5.75 Å². The van der Waals surface area contributed by atoms with E-state index in [-0.39, 0.29) is 12.4 Å². The quantitative estimate of drug-likeness (QED) is 0.451. The molecule has 2 aromatic rings. The second-order valence-electron chi connectivity index (χ2n) is 4.41. The number of nitrogens with zero attached hydrogens (tertiary/aromatic N) is 1. The van der Waals surface area contributed by atoms with E-state index in [9.17, 15) is 9.59 Å². The van der Waals surface area contributed by atoms with E-state index in [2.05, 4.69) is 4.98 Å². The summed E-state index contributed by atoms with van der Waals surface area (Å²) >= 11 is 7.31. The number of rotatable bonds is 6.